The molecule has 0 unspecified atom stereocenters. The smallest absolute Gasteiger partial charge is 0.255 e. The second-order valence-corrected chi connectivity index (χ2v) is 5.96. The van der Waals surface area contributed by atoms with Crippen molar-refractivity contribution >= 4 is 34.3 Å². The zero-order valence-electron chi connectivity index (χ0n) is 13.1. The molecular weight excluding hydrogens is 336 g/mol. The Morgan fingerprint density at radius 3 is 2.36 bits per heavy atom. The molecule has 1 amide bonds. The van der Waals surface area contributed by atoms with Crippen molar-refractivity contribution in [2.45, 2.75) is 0 Å². The number of carbonyl (C=O) groups is 1. The zero-order valence-corrected chi connectivity index (χ0v) is 13.8. The van der Waals surface area contributed by atoms with Crippen LogP contribution in [0.1, 0.15) is 10.4 Å². The summed E-state index contributed by atoms with van der Waals surface area (Å²) in [5.74, 6) is 0.364. The summed E-state index contributed by atoms with van der Waals surface area (Å²) in [4.78, 5) is 16.7. The van der Waals surface area contributed by atoms with Crippen LogP contribution in [0.2, 0.25) is 5.02 Å². The summed E-state index contributed by atoms with van der Waals surface area (Å²) in [7, 11) is 0. The number of carbonyl (C=O) groups excluding carboxylic acids is 1. The average molecular weight is 349 g/mol. The van der Waals surface area contributed by atoms with Crippen molar-refractivity contribution in [2.75, 3.05) is 5.32 Å². The standard InChI is InChI=1S/C20H13ClN2O2/c21-15-9-5-13(6-10-15)19(24)22-16-11-7-14(8-12-16)20-23-17-3-1-2-4-18(17)25-20/h1-12H,(H,22,24). The largest absolute Gasteiger partial charge is 0.436 e. The first-order chi connectivity index (χ1) is 12.2. The number of aromatic nitrogens is 1. The molecule has 122 valence electrons. The molecule has 0 aliphatic rings. The topological polar surface area (TPSA) is 55.1 Å². The molecule has 1 N–H and O–H groups in total. The van der Waals surface area contributed by atoms with Gasteiger partial charge in [-0.1, -0.05) is 23.7 Å². The first-order valence-electron chi connectivity index (χ1n) is 7.72. The predicted molar refractivity (Wildman–Crippen MR) is 98.9 cm³/mol. The van der Waals surface area contributed by atoms with Crippen LogP contribution in [0.25, 0.3) is 22.6 Å². The Bertz CT molecular complexity index is 1000. The second kappa shape index (κ2) is 6.42. The Labute approximate surface area is 149 Å². The molecule has 4 aromatic rings. The maximum atomic E-state index is 12.2. The third-order valence-electron chi connectivity index (χ3n) is 3.79. The van der Waals surface area contributed by atoms with Gasteiger partial charge in [0.25, 0.3) is 5.91 Å². The van der Waals surface area contributed by atoms with Gasteiger partial charge in [-0.25, -0.2) is 4.98 Å². The number of oxazole rings is 1. The Hall–Kier alpha value is -3.11. The Kier molecular flexibility index (Phi) is 3.96. The number of fused-ring (bicyclic) bond motifs is 1. The maximum absolute atomic E-state index is 12.2. The minimum atomic E-state index is -0.189. The fourth-order valence-electron chi connectivity index (χ4n) is 2.50. The van der Waals surface area contributed by atoms with Crippen LogP contribution in [0.4, 0.5) is 5.69 Å². The van der Waals surface area contributed by atoms with E-state index in [1.807, 2.05) is 48.5 Å². The number of para-hydroxylation sites is 2. The van der Waals surface area contributed by atoms with Crippen LogP contribution in [0, 0.1) is 0 Å². The Morgan fingerprint density at radius 2 is 1.64 bits per heavy atom. The Morgan fingerprint density at radius 1 is 0.920 bits per heavy atom. The van der Waals surface area contributed by atoms with Crippen molar-refractivity contribution < 1.29 is 9.21 Å². The van der Waals surface area contributed by atoms with Crippen molar-refractivity contribution in [1.82, 2.24) is 4.98 Å². The van der Waals surface area contributed by atoms with E-state index in [-0.39, 0.29) is 5.91 Å². The molecule has 5 heteroatoms. The number of hydrogen-bond donors (Lipinski definition) is 1. The molecule has 25 heavy (non-hydrogen) atoms. The first kappa shape index (κ1) is 15.4. The summed E-state index contributed by atoms with van der Waals surface area (Å²) < 4.78 is 5.74. The fourth-order valence-corrected chi connectivity index (χ4v) is 2.62. The van der Waals surface area contributed by atoms with Gasteiger partial charge in [0.1, 0.15) is 5.52 Å². The molecule has 0 radical (unpaired) electrons. The highest BCUT2D eigenvalue weighted by atomic mass is 35.5. The number of rotatable bonds is 3. The van der Waals surface area contributed by atoms with E-state index in [1.165, 1.54) is 0 Å². The molecule has 0 atom stereocenters. The minimum absolute atomic E-state index is 0.189. The molecule has 0 aliphatic heterocycles. The number of nitrogens with zero attached hydrogens (tertiary/aromatic N) is 1. The lowest BCUT2D eigenvalue weighted by Crippen LogP contribution is -2.11. The van der Waals surface area contributed by atoms with Crippen LogP contribution in [0.5, 0.6) is 0 Å². The maximum Gasteiger partial charge on any atom is 0.255 e. The van der Waals surface area contributed by atoms with Crippen LogP contribution in [-0.4, -0.2) is 10.9 Å². The van der Waals surface area contributed by atoms with Crippen LogP contribution >= 0.6 is 11.6 Å². The third-order valence-corrected chi connectivity index (χ3v) is 4.04. The Balaban J connectivity index is 1.53. The summed E-state index contributed by atoms with van der Waals surface area (Å²) in [5.41, 5.74) is 3.66. The van der Waals surface area contributed by atoms with Gasteiger partial charge in [-0.3, -0.25) is 4.79 Å². The van der Waals surface area contributed by atoms with Crippen LogP contribution in [-0.2, 0) is 0 Å². The monoisotopic (exact) mass is 348 g/mol. The van der Waals surface area contributed by atoms with E-state index in [0.29, 0.717) is 22.2 Å². The fraction of sp³-hybridized carbons (Fsp3) is 0. The van der Waals surface area contributed by atoms with E-state index in [4.69, 9.17) is 16.0 Å². The number of amides is 1. The van der Waals surface area contributed by atoms with Gasteiger partial charge in [0.2, 0.25) is 5.89 Å². The molecule has 4 nitrogen and oxygen atoms in total. The molecule has 0 saturated carbocycles. The van der Waals surface area contributed by atoms with Gasteiger partial charge in [-0.2, -0.15) is 0 Å². The molecule has 1 aromatic heterocycles. The number of nitrogens with one attached hydrogen (secondary N) is 1. The van der Waals surface area contributed by atoms with Gasteiger partial charge in [-0.15, -0.1) is 0 Å². The number of halogens is 1. The molecular formula is C20H13ClN2O2. The molecule has 4 rings (SSSR count). The summed E-state index contributed by atoms with van der Waals surface area (Å²) in [6, 6.07) is 21.7. The van der Waals surface area contributed by atoms with Gasteiger partial charge < -0.3 is 9.73 Å². The molecule has 0 saturated heterocycles. The highest BCUT2D eigenvalue weighted by Gasteiger charge is 2.09. The number of hydrogen-bond acceptors (Lipinski definition) is 3. The average Bonchev–Trinajstić information content (AvgIpc) is 3.07. The first-order valence-corrected chi connectivity index (χ1v) is 8.10. The second-order valence-electron chi connectivity index (χ2n) is 5.53. The SMILES string of the molecule is O=C(Nc1ccc(-c2nc3ccccc3o2)cc1)c1ccc(Cl)cc1. The summed E-state index contributed by atoms with van der Waals surface area (Å²) >= 11 is 5.83. The van der Waals surface area contributed by atoms with E-state index < -0.39 is 0 Å². The van der Waals surface area contributed by atoms with Crippen molar-refractivity contribution in [3.63, 3.8) is 0 Å². The quantitative estimate of drug-likeness (QED) is 0.539. The molecule has 0 fully saturated rings. The van der Waals surface area contributed by atoms with Crippen molar-refractivity contribution in [1.29, 1.82) is 0 Å². The van der Waals surface area contributed by atoms with Gasteiger partial charge >= 0.3 is 0 Å². The van der Waals surface area contributed by atoms with Crippen molar-refractivity contribution in [3.8, 4) is 11.5 Å². The third kappa shape index (κ3) is 3.25. The number of anilines is 1. The van der Waals surface area contributed by atoms with Crippen LogP contribution in [0.15, 0.2) is 77.2 Å². The highest BCUT2D eigenvalue weighted by molar-refractivity contribution is 6.30. The lowest BCUT2D eigenvalue weighted by atomic mass is 10.2. The summed E-state index contributed by atoms with van der Waals surface area (Å²) in [6.45, 7) is 0. The zero-order chi connectivity index (χ0) is 17.2. The molecule has 0 aliphatic carbocycles. The number of benzene rings is 3. The molecule has 1 heterocycles. The van der Waals surface area contributed by atoms with Gasteiger partial charge in [-0.05, 0) is 60.7 Å². The van der Waals surface area contributed by atoms with E-state index in [1.54, 1.807) is 24.3 Å². The highest BCUT2D eigenvalue weighted by Crippen LogP contribution is 2.25. The normalized spacial score (nSPS) is 10.8. The van der Waals surface area contributed by atoms with E-state index in [2.05, 4.69) is 10.3 Å². The van der Waals surface area contributed by atoms with E-state index >= 15 is 0 Å². The van der Waals surface area contributed by atoms with Gasteiger partial charge in [0, 0.05) is 21.8 Å². The summed E-state index contributed by atoms with van der Waals surface area (Å²) in [6.07, 6.45) is 0. The van der Waals surface area contributed by atoms with Crippen molar-refractivity contribution in [2.24, 2.45) is 0 Å². The molecule has 3 aromatic carbocycles. The van der Waals surface area contributed by atoms with Crippen molar-refractivity contribution in [3.05, 3.63) is 83.4 Å². The van der Waals surface area contributed by atoms with E-state index in [9.17, 15) is 4.79 Å². The van der Waals surface area contributed by atoms with Crippen LogP contribution in [0.3, 0.4) is 0 Å². The lowest BCUT2D eigenvalue weighted by Gasteiger charge is -2.06. The predicted octanol–water partition coefficient (Wildman–Crippen LogP) is 5.40. The summed E-state index contributed by atoms with van der Waals surface area (Å²) in [5, 5.41) is 3.45. The minimum Gasteiger partial charge on any atom is -0.436 e. The van der Waals surface area contributed by atoms with Gasteiger partial charge in [0.15, 0.2) is 5.58 Å². The molecule has 0 spiro atoms. The van der Waals surface area contributed by atoms with Gasteiger partial charge in [0.05, 0.1) is 0 Å². The van der Waals surface area contributed by atoms with E-state index in [0.717, 1.165) is 16.7 Å². The lowest BCUT2D eigenvalue weighted by molar-refractivity contribution is 0.102. The van der Waals surface area contributed by atoms with Crippen LogP contribution < -0.4 is 5.32 Å². The molecule has 0 bridgehead atoms.